The summed E-state index contributed by atoms with van der Waals surface area (Å²) in [6.45, 7) is 5.39. The van der Waals surface area contributed by atoms with Crippen molar-refractivity contribution in [3.63, 3.8) is 0 Å². The van der Waals surface area contributed by atoms with E-state index in [1.54, 1.807) is 48.5 Å². The molecule has 1 aliphatic heterocycles. The second kappa shape index (κ2) is 9.56. The summed E-state index contributed by atoms with van der Waals surface area (Å²) in [6, 6.07) is 6.89. The monoisotopic (exact) mass is 418 g/mol. The minimum Gasteiger partial charge on any atom is -0.479 e. The van der Waals surface area contributed by atoms with Crippen LogP contribution in [-0.2, 0) is 14.3 Å². The molecule has 0 saturated carbocycles. The van der Waals surface area contributed by atoms with Gasteiger partial charge in [0.25, 0.3) is 5.91 Å². The average Bonchev–Trinajstić information content (AvgIpc) is 2.74. The minimum absolute atomic E-state index is 0.234. The van der Waals surface area contributed by atoms with Gasteiger partial charge in [-0.05, 0) is 43.7 Å². The van der Waals surface area contributed by atoms with Crippen LogP contribution in [0.1, 0.15) is 12.5 Å². The number of carbonyl (C=O) groups is 2. The van der Waals surface area contributed by atoms with Crippen molar-refractivity contribution in [3.8, 4) is 5.75 Å². The molecule has 0 radical (unpaired) electrons. The Hall–Kier alpha value is -2.87. The number of nitrogens with zero attached hydrogens (tertiary/aromatic N) is 4. The van der Waals surface area contributed by atoms with Gasteiger partial charge in [-0.25, -0.2) is 14.8 Å². The van der Waals surface area contributed by atoms with Crippen molar-refractivity contribution in [1.82, 2.24) is 14.9 Å². The molecule has 0 bridgehead atoms. The standard InChI is InChI=1S/C20H23ClN4O4/c1-14-12-16(21)4-5-17(14)29-15(2)19(27)28-13-18(26)24-8-10-25(11-9-24)20-22-6-3-7-23-20/h3-7,12,15H,8-11,13H2,1-2H3. The van der Waals surface area contributed by atoms with E-state index in [9.17, 15) is 9.59 Å². The Balaban J connectivity index is 1.43. The fourth-order valence-electron chi connectivity index (χ4n) is 2.94. The molecular formula is C20H23ClN4O4. The third-order valence-electron chi connectivity index (χ3n) is 4.58. The topological polar surface area (TPSA) is 84.9 Å². The van der Waals surface area contributed by atoms with E-state index in [2.05, 4.69) is 9.97 Å². The summed E-state index contributed by atoms with van der Waals surface area (Å²) < 4.78 is 10.8. The molecule has 1 aliphatic rings. The van der Waals surface area contributed by atoms with E-state index in [0.717, 1.165) is 5.56 Å². The Labute approximate surface area is 174 Å². The largest absolute Gasteiger partial charge is 0.479 e. The minimum atomic E-state index is -0.838. The predicted molar refractivity (Wildman–Crippen MR) is 108 cm³/mol. The summed E-state index contributed by atoms with van der Waals surface area (Å²) in [5.41, 5.74) is 0.813. The Morgan fingerprint density at radius 2 is 1.86 bits per heavy atom. The van der Waals surface area contributed by atoms with Crippen LogP contribution in [0, 0.1) is 6.92 Å². The number of hydrogen-bond donors (Lipinski definition) is 0. The SMILES string of the molecule is Cc1cc(Cl)ccc1OC(C)C(=O)OCC(=O)N1CCN(c2ncccn2)CC1. The molecule has 0 spiro atoms. The number of aryl methyl sites for hydroxylation is 1. The highest BCUT2D eigenvalue weighted by atomic mass is 35.5. The van der Waals surface area contributed by atoms with Crippen molar-refractivity contribution >= 4 is 29.4 Å². The van der Waals surface area contributed by atoms with E-state index in [-0.39, 0.29) is 12.5 Å². The van der Waals surface area contributed by atoms with Crippen molar-refractivity contribution in [3.05, 3.63) is 47.2 Å². The Morgan fingerprint density at radius 3 is 2.52 bits per heavy atom. The molecule has 1 unspecified atom stereocenters. The Morgan fingerprint density at radius 1 is 1.17 bits per heavy atom. The lowest BCUT2D eigenvalue weighted by molar-refractivity contribution is -0.157. The molecule has 154 valence electrons. The van der Waals surface area contributed by atoms with Crippen molar-refractivity contribution < 1.29 is 19.1 Å². The maximum atomic E-state index is 12.4. The quantitative estimate of drug-likeness (QED) is 0.664. The molecule has 8 nitrogen and oxygen atoms in total. The van der Waals surface area contributed by atoms with E-state index in [1.165, 1.54) is 0 Å². The van der Waals surface area contributed by atoms with Crippen LogP contribution in [0.4, 0.5) is 5.95 Å². The zero-order valence-corrected chi connectivity index (χ0v) is 17.1. The highest BCUT2D eigenvalue weighted by Crippen LogP contribution is 2.23. The van der Waals surface area contributed by atoms with Gasteiger partial charge in [0.1, 0.15) is 5.75 Å². The van der Waals surface area contributed by atoms with Gasteiger partial charge in [0.15, 0.2) is 12.7 Å². The molecule has 2 heterocycles. The first-order valence-electron chi connectivity index (χ1n) is 9.33. The van der Waals surface area contributed by atoms with E-state index in [1.807, 2.05) is 11.8 Å². The lowest BCUT2D eigenvalue weighted by Gasteiger charge is -2.34. The third-order valence-corrected chi connectivity index (χ3v) is 4.81. The summed E-state index contributed by atoms with van der Waals surface area (Å²) >= 11 is 5.92. The third kappa shape index (κ3) is 5.57. The summed E-state index contributed by atoms with van der Waals surface area (Å²) in [7, 11) is 0. The van der Waals surface area contributed by atoms with Crippen LogP contribution >= 0.6 is 11.6 Å². The number of carbonyl (C=O) groups excluding carboxylic acids is 2. The molecule has 1 aromatic carbocycles. The fourth-order valence-corrected chi connectivity index (χ4v) is 3.16. The second-order valence-corrected chi connectivity index (χ2v) is 7.13. The van der Waals surface area contributed by atoms with Gasteiger partial charge in [0.2, 0.25) is 5.95 Å². The molecule has 1 saturated heterocycles. The van der Waals surface area contributed by atoms with Gasteiger partial charge in [-0.3, -0.25) is 4.79 Å². The van der Waals surface area contributed by atoms with Crippen molar-refractivity contribution in [2.24, 2.45) is 0 Å². The maximum Gasteiger partial charge on any atom is 0.347 e. The lowest BCUT2D eigenvalue weighted by atomic mass is 10.2. The number of anilines is 1. The molecule has 1 aromatic heterocycles. The highest BCUT2D eigenvalue weighted by molar-refractivity contribution is 6.30. The Bertz CT molecular complexity index is 857. The van der Waals surface area contributed by atoms with Crippen LogP contribution in [0.5, 0.6) is 5.75 Å². The van der Waals surface area contributed by atoms with Crippen LogP contribution in [0.15, 0.2) is 36.7 Å². The van der Waals surface area contributed by atoms with E-state index >= 15 is 0 Å². The number of piperazine rings is 1. The number of esters is 1. The Kier molecular flexibility index (Phi) is 6.87. The average molecular weight is 419 g/mol. The molecule has 1 fully saturated rings. The number of hydrogen-bond acceptors (Lipinski definition) is 7. The lowest BCUT2D eigenvalue weighted by Crippen LogP contribution is -2.50. The second-order valence-electron chi connectivity index (χ2n) is 6.69. The van der Waals surface area contributed by atoms with Gasteiger partial charge in [0.05, 0.1) is 0 Å². The maximum absolute atomic E-state index is 12.4. The number of halogens is 1. The van der Waals surface area contributed by atoms with Crippen molar-refractivity contribution in [1.29, 1.82) is 0 Å². The summed E-state index contributed by atoms with van der Waals surface area (Å²) in [6.07, 6.45) is 2.54. The summed E-state index contributed by atoms with van der Waals surface area (Å²) in [5.74, 6) is 0.366. The molecule has 2 aromatic rings. The normalized spacial score (nSPS) is 15.0. The summed E-state index contributed by atoms with van der Waals surface area (Å²) in [4.78, 5) is 36.7. The van der Waals surface area contributed by atoms with Crippen LogP contribution in [-0.4, -0.2) is 65.6 Å². The van der Waals surface area contributed by atoms with Gasteiger partial charge in [-0.15, -0.1) is 0 Å². The molecule has 1 amide bonds. The predicted octanol–water partition coefficient (Wildman–Crippen LogP) is 2.10. The molecule has 0 aliphatic carbocycles. The molecular weight excluding hydrogens is 396 g/mol. The van der Waals surface area contributed by atoms with E-state index in [4.69, 9.17) is 21.1 Å². The fraction of sp³-hybridized carbons (Fsp3) is 0.400. The molecule has 0 N–H and O–H groups in total. The smallest absolute Gasteiger partial charge is 0.347 e. The van der Waals surface area contributed by atoms with Gasteiger partial charge >= 0.3 is 5.97 Å². The first-order chi connectivity index (χ1) is 13.9. The summed E-state index contributed by atoms with van der Waals surface area (Å²) in [5, 5.41) is 0.592. The number of benzene rings is 1. The number of ether oxygens (including phenoxy) is 2. The van der Waals surface area contributed by atoms with Crippen molar-refractivity contribution in [2.45, 2.75) is 20.0 Å². The van der Waals surface area contributed by atoms with Crippen LogP contribution in [0.25, 0.3) is 0 Å². The molecule has 1 atom stereocenters. The zero-order chi connectivity index (χ0) is 20.8. The first-order valence-corrected chi connectivity index (χ1v) is 9.71. The van der Waals surface area contributed by atoms with E-state index in [0.29, 0.717) is 42.9 Å². The van der Waals surface area contributed by atoms with E-state index < -0.39 is 12.1 Å². The number of amides is 1. The molecule has 29 heavy (non-hydrogen) atoms. The number of aromatic nitrogens is 2. The van der Waals surface area contributed by atoms with Gasteiger partial charge in [-0.2, -0.15) is 0 Å². The first kappa shape index (κ1) is 20.9. The highest BCUT2D eigenvalue weighted by Gasteiger charge is 2.24. The van der Waals surface area contributed by atoms with Crippen LogP contribution < -0.4 is 9.64 Å². The van der Waals surface area contributed by atoms with Crippen LogP contribution in [0.3, 0.4) is 0 Å². The van der Waals surface area contributed by atoms with Crippen molar-refractivity contribution in [2.75, 3.05) is 37.7 Å². The van der Waals surface area contributed by atoms with Gasteiger partial charge in [0, 0.05) is 43.6 Å². The number of rotatable bonds is 6. The van der Waals surface area contributed by atoms with Crippen LogP contribution in [0.2, 0.25) is 5.02 Å². The zero-order valence-electron chi connectivity index (χ0n) is 16.4. The molecule has 3 rings (SSSR count). The molecule has 9 heteroatoms. The van der Waals surface area contributed by atoms with Gasteiger partial charge < -0.3 is 19.3 Å². The van der Waals surface area contributed by atoms with Gasteiger partial charge in [-0.1, -0.05) is 11.6 Å².